The van der Waals surface area contributed by atoms with Gasteiger partial charge in [0, 0.05) is 13.3 Å². The van der Waals surface area contributed by atoms with Crippen LogP contribution in [0.15, 0.2) is 0 Å². The maximum absolute atomic E-state index is 10.7. The molecule has 0 fully saturated rings. The van der Waals surface area contributed by atoms with Crippen LogP contribution in [0.1, 0.15) is 19.8 Å². The summed E-state index contributed by atoms with van der Waals surface area (Å²) in [6.07, 6.45) is -0.214. The van der Waals surface area contributed by atoms with Gasteiger partial charge in [-0.15, -0.1) is 0 Å². The number of hydrogen-bond donors (Lipinski definition) is 2. The van der Waals surface area contributed by atoms with Crippen molar-refractivity contribution in [3.8, 4) is 0 Å². The van der Waals surface area contributed by atoms with E-state index in [0.29, 0.717) is 0 Å². The quantitative estimate of drug-likeness (QED) is 0.341. The van der Waals surface area contributed by atoms with Crippen LogP contribution in [0.4, 0.5) is 0 Å². The van der Waals surface area contributed by atoms with Crippen molar-refractivity contribution in [2.24, 2.45) is 5.73 Å². The van der Waals surface area contributed by atoms with E-state index in [0.717, 1.165) is 6.92 Å². The third kappa shape index (κ3) is 8.43. The SMILES string of the molecule is CC(=O)OC(=O)CC[C@H](N)C(=O)O.[CaH2]. The Bertz CT molecular complexity index is 230. The average molecular weight is 231 g/mol. The first-order valence-corrected chi connectivity index (χ1v) is 3.63. The summed E-state index contributed by atoms with van der Waals surface area (Å²) in [5.41, 5.74) is 5.10. The van der Waals surface area contributed by atoms with E-state index in [4.69, 9.17) is 10.8 Å². The summed E-state index contributed by atoms with van der Waals surface area (Å²) in [5, 5.41) is 8.33. The molecule has 0 saturated heterocycles. The predicted octanol–water partition coefficient (Wildman–Crippen LogP) is -1.65. The molecule has 0 aliphatic heterocycles. The number of esters is 2. The van der Waals surface area contributed by atoms with Crippen LogP contribution in [0.5, 0.6) is 0 Å². The van der Waals surface area contributed by atoms with Crippen molar-refractivity contribution < 1.29 is 24.2 Å². The third-order valence-electron chi connectivity index (χ3n) is 1.23. The molecule has 0 bridgehead atoms. The van der Waals surface area contributed by atoms with Crippen molar-refractivity contribution in [1.82, 2.24) is 0 Å². The molecule has 6 nitrogen and oxygen atoms in total. The molecule has 3 N–H and O–H groups in total. The van der Waals surface area contributed by atoms with E-state index in [1.54, 1.807) is 0 Å². The van der Waals surface area contributed by atoms with E-state index < -0.39 is 23.9 Å². The van der Waals surface area contributed by atoms with E-state index in [-0.39, 0.29) is 50.6 Å². The van der Waals surface area contributed by atoms with Gasteiger partial charge in [0.05, 0.1) is 0 Å². The van der Waals surface area contributed by atoms with Crippen molar-refractivity contribution in [3.05, 3.63) is 0 Å². The van der Waals surface area contributed by atoms with Crippen LogP contribution >= 0.6 is 0 Å². The van der Waals surface area contributed by atoms with Gasteiger partial charge in [0.25, 0.3) is 0 Å². The molecule has 78 valence electrons. The predicted molar refractivity (Wildman–Crippen MR) is 50.2 cm³/mol. The van der Waals surface area contributed by atoms with E-state index in [1.165, 1.54) is 0 Å². The van der Waals surface area contributed by atoms with Crippen LogP contribution in [0.3, 0.4) is 0 Å². The minimum atomic E-state index is -1.18. The summed E-state index contributed by atoms with van der Waals surface area (Å²) in [6, 6.07) is -1.10. The zero-order valence-electron chi connectivity index (χ0n) is 7.15. The molecule has 0 aromatic carbocycles. The zero-order valence-corrected chi connectivity index (χ0v) is 7.15. The summed E-state index contributed by atoms with van der Waals surface area (Å²) < 4.78 is 4.15. The number of carboxylic acids is 1. The maximum atomic E-state index is 10.7. The molecule has 0 aliphatic rings. The Hall–Kier alpha value is -0.170. The van der Waals surface area contributed by atoms with E-state index >= 15 is 0 Å². The number of hydrogen-bond acceptors (Lipinski definition) is 5. The molecule has 0 rings (SSSR count). The molecule has 7 heteroatoms. The first-order valence-electron chi connectivity index (χ1n) is 3.63. The molecule has 0 amide bonds. The summed E-state index contributed by atoms with van der Waals surface area (Å²) in [6.45, 7) is 1.09. The number of carboxylic acid groups (broad SMARTS) is 1. The molecule has 0 saturated carbocycles. The van der Waals surface area contributed by atoms with Gasteiger partial charge in [-0.25, -0.2) is 0 Å². The topological polar surface area (TPSA) is 107 Å². The van der Waals surface area contributed by atoms with Crippen LogP contribution in [0.25, 0.3) is 0 Å². The Balaban J connectivity index is 0. The van der Waals surface area contributed by atoms with Crippen molar-refractivity contribution in [2.45, 2.75) is 25.8 Å². The van der Waals surface area contributed by atoms with E-state index in [2.05, 4.69) is 4.74 Å². The molecule has 14 heavy (non-hydrogen) atoms. The van der Waals surface area contributed by atoms with Gasteiger partial charge in [0.15, 0.2) is 0 Å². The molecule has 0 unspecified atom stereocenters. The van der Waals surface area contributed by atoms with Crippen LogP contribution < -0.4 is 5.73 Å². The fraction of sp³-hybridized carbons (Fsp3) is 0.571. The monoisotopic (exact) mass is 231 g/mol. The number of carbonyl (C=O) groups is 3. The first kappa shape index (κ1) is 16.3. The second-order valence-electron chi connectivity index (χ2n) is 2.45. The summed E-state index contributed by atoms with van der Waals surface area (Å²) in [4.78, 5) is 31.1. The van der Waals surface area contributed by atoms with Crippen molar-refractivity contribution >= 4 is 55.6 Å². The minimum absolute atomic E-state index is 0. The van der Waals surface area contributed by atoms with Gasteiger partial charge in [-0.1, -0.05) is 0 Å². The zero-order chi connectivity index (χ0) is 10.4. The van der Waals surface area contributed by atoms with Crippen LogP contribution in [0.2, 0.25) is 0 Å². The van der Waals surface area contributed by atoms with Gasteiger partial charge in [-0.2, -0.15) is 0 Å². The summed E-state index contributed by atoms with van der Waals surface area (Å²) >= 11 is 0. The normalized spacial score (nSPS) is 11.0. The molecule has 0 spiro atoms. The van der Waals surface area contributed by atoms with E-state index in [9.17, 15) is 14.4 Å². The van der Waals surface area contributed by atoms with Gasteiger partial charge >= 0.3 is 55.6 Å². The molecule has 0 aromatic heterocycles. The van der Waals surface area contributed by atoms with Crippen molar-refractivity contribution in [2.75, 3.05) is 0 Å². The van der Waals surface area contributed by atoms with Crippen molar-refractivity contribution in [1.29, 1.82) is 0 Å². The number of ether oxygens (including phenoxy) is 1. The molecule has 0 aromatic rings. The Kier molecular flexibility index (Phi) is 9.49. The fourth-order valence-corrected chi connectivity index (χ4v) is 0.608. The van der Waals surface area contributed by atoms with Crippen molar-refractivity contribution in [3.63, 3.8) is 0 Å². The Labute approximate surface area is 111 Å². The summed E-state index contributed by atoms with van der Waals surface area (Å²) in [7, 11) is 0. The van der Waals surface area contributed by atoms with E-state index in [1.807, 2.05) is 0 Å². The average Bonchev–Trinajstić information content (AvgIpc) is 1.98. The Morgan fingerprint density at radius 2 is 1.93 bits per heavy atom. The molecule has 0 aliphatic carbocycles. The Morgan fingerprint density at radius 1 is 1.43 bits per heavy atom. The summed E-state index contributed by atoms with van der Waals surface area (Å²) in [5.74, 6) is -2.66. The van der Waals surface area contributed by atoms with Gasteiger partial charge in [-0.05, 0) is 6.42 Å². The first-order chi connectivity index (χ1) is 5.93. The van der Waals surface area contributed by atoms with Gasteiger partial charge < -0.3 is 15.6 Å². The molecular weight excluding hydrogens is 218 g/mol. The van der Waals surface area contributed by atoms with Gasteiger partial charge in [-0.3, -0.25) is 14.4 Å². The molecule has 0 heterocycles. The second-order valence-corrected chi connectivity index (χ2v) is 2.45. The number of aliphatic carboxylic acids is 1. The molecular formula is C7H13CaNO5. The number of rotatable bonds is 4. The second kappa shape index (κ2) is 8.16. The van der Waals surface area contributed by atoms with Crippen LogP contribution in [-0.2, 0) is 19.1 Å². The fourth-order valence-electron chi connectivity index (χ4n) is 0.608. The standard InChI is InChI=1S/C7H11NO5.Ca.2H/c1-4(9)13-6(10)3-2-5(8)7(11)12;;;/h5H,2-3,8H2,1H3,(H,11,12);;;/t5-;;;/m0.../s1. The third-order valence-corrected chi connectivity index (χ3v) is 1.23. The molecule has 0 radical (unpaired) electrons. The van der Waals surface area contributed by atoms with Crippen LogP contribution in [0, 0.1) is 0 Å². The number of nitrogens with two attached hydrogens (primary N) is 1. The number of carbonyl (C=O) groups excluding carboxylic acids is 2. The molecule has 1 atom stereocenters. The van der Waals surface area contributed by atoms with Gasteiger partial charge in [0.1, 0.15) is 6.04 Å². The Morgan fingerprint density at radius 3 is 2.29 bits per heavy atom. The van der Waals surface area contributed by atoms with Crippen LogP contribution in [-0.4, -0.2) is 66.8 Å². The van der Waals surface area contributed by atoms with Gasteiger partial charge in [0.2, 0.25) is 0 Å².